The van der Waals surface area contributed by atoms with Crippen molar-refractivity contribution >= 4 is 69.2 Å². The lowest BCUT2D eigenvalue weighted by atomic mass is 10.1. The Kier molecular flexibility index (Phi) is 13.4. The lowest BCUT2D eigenvalue weighted by Gasteiger charge is -2.14. The number of nitro benzene ring substituents is 2. The number of anilines is 2. The van der Waals surface area contributed by atoms with Gasteiger partial charge in [0, 0.05) is 36.3 Å². The van der Waals surface area contributed by atoms with E-state index in [-0.39, 0.29) is 29.6 Å². The highest BCUT2D eigenvalue weighted by Gasteiger charge is 2.42. The molecule has 24 heteroatoms. The number of imidazole rings is 1. The molecule has 12 nitrogen and oxygen atoms in total. The normalized spacial score (nSPS) is 12.3. The molecule has 0 bridgehead atoms. The smallest absolute Gasteiger partial charge is 0.374 e. The minimum absolute atomic E-state index is 0.00249. The number of aromatic nitrogens is 3. The third-order valence-corrected chi connectivity index (χ3v) is 7.12. The minimum Gasteiger partial charge on any atom is -0.374 e. The monoisotopic (exact) mass is 809 g/mol. The van der Waals surface area contributed by atoms with E-state index in [9.17, 15) is 59.7 Å². The second-order valence-electron chi connectivity index (χ2n) is 9.88. The first-order valence-electron chi connectivity index (χ1n) is 13.8. The molecule has 0 unspecified atom stereocenters. The fraction of sp³-hybridized carbons (Fsp3) is 0.250. The van der Waals surface area contributed by atoms with Crippen molar-refractivity contribution in [3.63, 3.8) is 0 Å². The zero-order valence-electron chi connectivity index (χ0n) is 25.6. The highest BCUT2D eigenvalue weighted by molar-refractivity contribution is 6.35. The Morgan fingerprint density at radius 3 is 2.10 bits per heavy atom. The molecule has 0 spiro atoms. The van der Waals surface area contributed by atoms with Crippen LogP contribution in [0.25, 0.3) is 0 Å². The van der Waals surface area contributed by atoms with Gasteiger partial charge in [-0.05, 0) is 30.7 Å². The standard InChI is InChI=1S/C15H15ClF3N3O.C13H4Cl2F6N4O4/c1-2-7-23-9-14(22-6-5-20-10-22)21-13-4-3-11(16)8-12(13)15(17,18)19;14-6-1-4(12(16,17)18)3-22-11(6)23-9-7(24(26)27)2-5(13(19,20)21)8(15)10(9)25(28)29/h3-6,8,10H,2,7,9H2,1H3;1-3H,(H,22,23). The van der Waals surface area contributed by atoms with Gasteiger partial charge in [0.2, 0.25) is 0 Å². The SMILES string of the molecule is CCCOCC(=Nc1ccc(Cl)cc1C(F)(F)F)n1ccnc1.O=[N+]([O-])c1cc(C(F)(F)F)c(Cl)c([N+](=O)[O-])c1Nc1ncc(C(F)(F)F)cc1Cl. The third-order valence-electron chi connectivity index (χ3n) is 6.21. The fourth-order valence-electron chi connectivity index (χ4n) is 3.94. The minimum atomic E-state index is -5.27. The van der Waals surface area contributed by atoms with Crippen LogP contribution in [0.15, 0.2) is 60.2 Å². The Labute approximate surface area is 300 Å². The lowest BCUT2D eigenvalue weighted by molar-refractivity contribution is -0.392. The van der Waals surface area contributed by atoms with E-state index >= 15 is 0 Å². The molecule has 0 fully saturated rings. The van der Waals surface area contributed by atoms with Gasteiger partial charge in [-0.3, -0.25) is 24.8 Å². The largest absolute Gasteiger partial charge is 0.418 e. The highest BCUT2D eigenvalue weighted by Crippen LogP contribution is 2.49. The second-order valence-corrected chi connectivity index (χ2v) is 11.1. The Morgan fingerprint density at radius 1 is 0.942 bits per heavy atom. The first kappa shape index (κ1) is 41.7. The van der Waals surface area contributed by atoms with E-state index in [1.807, 2.05) is 12.2 Å². The number of aliphatic imine (C=N–C) groups is 1. The van der Waals surface area contributed by atoms with Crippen molar-refractivity contribution in [3.05, 3.63) is 107 Å². The van der Waals surface area contributed by atoms with Gasteiger partial charge in [-0.1, -0.05) is 41.7 Å². The van der Waals surface area contributed by atoms with Gasteiger partial charge in [-0.15, -0.1) is 0 Å². The molecule has 2 aromatic heterocycles. The number of pyridine rings is 1. The molecule has 0 saturated heterocycles. The summed E-state index contributed by atoms with van der Waals surface area (Å²) in [4.78, 5) is 30.9. The third kappa shape index (κ3) is 10.7. The number of ether oxygens (including phenoxy) is 1. The average Bonchev–Trinajstić information content (AvgIpc) is 3.56. The second kappa shape index (κ2) is 16.7. The van der Waals surface area contributed by atoms with Crippen molar-refractivity contribution in [2.45, 2.75) is 31.9 Å². The van der Waals surface area contributed by atoms with Gasteiger partial charge < -0.3 is 10.1 Å². The van der Waals surface area contributed by atoms with Crippen molar-refractivity contribution in [3.8, 4) is 0 Å². The van der Waals surface area contributed by atoms with E-state index in [4.69, 9.17) is 39.5 Å². The molecule has 0 aliphatic carbocycles. The van der Waals surface area contributed by atoms with Crippen LogP contribution in [0.4, 0.5) is 68.1 Å². The number of alkyl halides is 9. The molecule has 4 rings (SSSR count). The lowest BCUT2D eigenvalue weighted by Crippen LogP contribution is -2.18. The van der Waals surface area contributed by atoms with E-state index in [1.54, 1.807) is 6.20 Å². The summed E-state index contributed by atoms with van der Waals surface area (Å²) >= 11 is 16.7. The number of hydrogen-bond acceptors (Lipinski definition) is 9. The number of benzene rings is 2. The zero-order chi connectivity index (χ0) is 39.2. The predicted molar refractivity (Wildman–Crippen MR) is 170 cm³/mol. The van der Waals surface area contributed by atoms with Crippen LogP contribution in [0.1, 0.15) is 30.0 Å². The molecule has 1 N–H and O–H groups in total. The van der Waals surface area contributed by atoms with Gasteiger partial charge in [-0.2, -0.15) is 39.5 Å². The molecule has 0 saturated carbocycles. The molecule has 0 amide bonds. The number of nitrogens with zero attached hydrogens (tertiary/aromatic N) is 6. The van der Waals surface area contributed by atoms with E-state index in [0.29, 0.717) is 18.5 Å². The molecule has 0 radical (unpaired) electrons. The molecule has 4 aromatic rings. The summed E-state index contributed by atoms with van der Waals surface area (Å²) in [7, 11) is 0. The van der Waals surface area contributed by atoms with Crippen molar-refractivity contribution < 1.29 is 54.1 Å². The summed E-state index contributed by atoms with van der Waals surface area (Å²) < 4.78 is 123. The summed E-state index contributed by atoms with van der Waals surface area (Å²) in [6, 6.07) is 3.77. The van der Waals surface area contributed by atoms with Crippen LogP contribution >= 0.6 is 34.8 Å². The van der Waals surface area contributed by atoms with Gasteiger partial charge in [0.25, 0.3) is 0 Å². The molecular formula is C28H19Cl3F9N7O5. The summed E-state index contributed by atoms with van der Waals surface area (Å²) in [5, 5.41) is 22.1. The van der Waals surface area contributed by atoms with Crippen molar-refractivity contribution in [1.29, 1.82) is 0 Å². The zero-order valence-corrected chi connectivity index (χ0v) is 27.8. The molecule has 0 atom stereocenters. The first-order chi connectivity index (χ1) is 24.1. The van der Waals surface area contributed by atoms with Gasteiger partial charge in [0.1, 0.15) is 29.6 Å². The van der Waals surface area contributed by atoms with E-state index in [2.05, 4.69) is 15.0 Å². The van der Waals surface area contributed by atoms with Gasteiger partial charge in [-0.25, -0.2) is 15.0 Å². The maximum Gasteiger partial charge on any atom is 0.418 e. The molecule has 2 heterocycles. The maximum atomic E-state index is 13.1. The highest BCUT2D eigenvalue weighted by atomic mass is 35.5. The van der Waals surface area contributed by atoms with Crippen LogP contribution in [0.3, 0.4) is 0 Å². The summed E-state index contributed by atoms with van der Waals surface area (Å²) in [6.07, 6.45) is -9.03. The summed E-state index contributed by atoms with van der Waals surface area (Å²) in [5.74, 6) is -0.412. The average molecular weight is 811 g/mol. The number of rotatable bonds is 9. The molecule has 0 aliphatic heterocycles. The predicted octanol–water partition coefficient (Wildman–Crippen LogP) is 10.5. The van der Waals surface area contributed by atoms with Gasteiger partial charge in [0.05, 0.1) is 37.2 Å². The Hall–Kier alpha value is -4.73. The van der Waals surface area contributed by atoms with Crippen LogP contribution in [0, 0.1) is 20.2 Å². The van der Waals surface area contributed by atoms with Crippen molar-refractivity contribution in [2.75, 3.05) is 18.5 Å². The van der Waals surface area contributed by atoms with Crippen LogP contribution in [0.5, 0.6) is 0 Å². The molecule has 2 aromatic carbocycles. The first-order valence-corrected chi connectivity index (χ1v) is 14.9. The van der Waals surface area contributed by atoms with Crippen LogP contribution in [-0.2, 0) is 23.3 Å². The number of halogens is 12. The van der Waals surface area contributed by atoms with Crippen molar-refractivity contribution in [1.82, 2.24) is 14.5 Å². The van der Waals surface area contributed by atoms with Crippen LogP contribution < -0.4 is 5.32 Å². The molecule has 280 valence electrons. The quantitative estimate of drug-likeness (QED) is 0.0438. The molecular weight excluding hydrogens is 792 g/mol. The van der Waals surface area contributed by atoms with Gasteiger partial charge >= 0.3 is 29.9 Å². The van der Waals surface area contributed by atoms with E-state index < -0.39 is 78.0 Å². The maximum absolute atomic E-state index is 13.1. The fourth-order valence-corrected chi connectivity index (χ4v) is 4.65. The van der Waals surface area contributed by atoms with Crippen molar-refractivity contribution in [2.24, 2.45) is 4.99 Å². The molecule has 0 aliphatic rings. The van der Waals surface area contributed by atoms with Gasteiger partial charge in [0.15, 0.2) is 5.69 Å². The Bertz CT molecular complexity index is 1960. The van der Waals surface area contributed by atoms with Crippen LogP contribution in [0.2, 0.25) is 15.1 Å². The van der Waals surface area contributed by atoms with E-state index in [0.717, 1.165) is 12.5 Å². The summed E-state index contributed by atoms with van der Waals surface area (Å²) in [5.41, 5.74) is -8.37. The molecule has 52 heavy (non-hydrogen) atoms. The topological polar surface area (TPSA) is 151 Å². The van der Waals surface area contributed by atoms with E-state index in [1.165, 1.54) is 29.2 Å². The Balaban J connectivity index is 0.000000288. The number of nitrogens with one attached hydrogen (secondary N) is 1. The van der Waals surface area contributed by atoms with Crippen LogP contribution in [-0.4, -0.2) is 43.4 Å². The number of nitro groups is 2. The number of hydrogen-bond donors (Lipinski definition) is 1. The Morgan fingerprint density at radius 2 is 1.60 bits per heavy atom. The summed E-state index contributed by atoms with van der Waals surface area (Å²) in [6.45, 7) is 2.50.